The number of rotatable bonds is 2. The van der Waals surface area contributed by atoms with Gasteiger partial charge in [-0.2, -0.15) is 0 Å². The van der Waals surface area contributed by atoms with Crippen LogP contribution in [0.2, 0.25) is 5.02 Å². The maximum absolute atomic E-state index is 12.3. The SMILES string of the molecule is CC1(NC(=O)c2cc(Cl)ccc2I)CCCOC1. The smallest absolute Gasteiger partial charge is 0.252 e. The monoisotopic (exact) mass is 379 g/mol. The fourth-order valence-corrected chi connectivity index (χ4v) is 2.80. The van der Waals surface area contributed by atoms with Crippen molar-refractivity contribution in [2.24, 2.45) is 0 Å². The van der Waals surface area contributed by atoms with Gasteiger partial charge in [-0.1, -0.05) is 11.6 Å². The number of ether oxygens (including phenoxy) is 1. The normalized spacial score (nSPS) is 23.7. The molecule has 1 heterocycles. The minimum Gasteiger partial charge on any atom is -0.379 e. The van der Waals surface area contributed by atoms with Crippen LogP contribution in [0.25, 0.3) is 0 Å². The number of amides is 1. The van der Waals surface area contributed by atoms with Gasteiger partial charge in [-0.05, 0) is 60.6 Å². The number of benzene rings is 1. The number of carbonyl (C=O) groups excluding carboxylic acids is 1. The van der Waals surface area contributed by atoms with E-state index >= 15 is 0 Å². The van der Waals surface area contributed by atoms with Gasteiger partial charge in [0.25, 0.3) is 5.91 Å². The lowest BCUT2D eigenvalue weighted by molar-refractivity contribution is 0.0272. The maximum atomic E-state index is 12.3. The lowest BCUT2D eigenvalue weighted by Gasteiger charge is -2.34. The van der Waals surface area contributed by atoms with Gasteiger partial charge < -0.3 is 10.1 Å². The molecule has 0 saturated carbocycles. The summed E-state index contributed by atoms with van der Waals surface area (Å²) in [5.41, 5.74) is 0.343. The van der Waals surface area contributed by atoms with Crippen LogP contribution in [0.3, 0.4) is 0 Å². The van der Waals surface area contributed by atoms with Crippen LogP contribution in [-0.2, 0) is 4.74 Å². The van der Waals surface area contributed by atoms with E-state index in [1.54, 1.807) is 12.1 Å². The molecule has 1 amide bonds. The molecular weight excluding hydrogens is 365 g/mol. The first-order chi connectivity index (χ1) is 8.50. The highest BCUT2D eigenvalue weighted by Gasteiger charge is 2.30. The van der Waals surface area contributed by atoms with E-state index in [0.29, 0.717) is 17.2 Å². The van der Waals surface area contributed by atoms with Crippen molar-refractivity contribution < 1.29 is 9.53 Å². The Hall–Kier alpha value is -0.330. The molecule has 1 aromatic rings. The summed E-state index contributed by atoms with van der Waals surface area (Å²) in [5.74, 6) is -0.0881. The summed E-state index contributed by atoms with van der Waals surface area (Å²) < 4.78 is 6.33. The number of hydrogen-bond acceptors (Lipinski definition) is 2. The van der Waals surface area contributed by atoms with Crippen LogP contribution < -0.4 is 5.32 Å². The predicted molar refractivity (Wildman–Crippen MR) is 80.1 cm³/mol. The maximum Gasteiger partial charge on any atom is 0.252 e. The molecule has 1 unspecified atom stereocenters. The lowest BCUT2D eigenvalue weighted by atomic mass is 9.94. The molecule has 5 heteroatoms. The van der Waals surface area contributed by atoms with Gasteiger partial charge in [-0.15, -0.1) is 0 Å². The second kappa shape index (κ2) is 5.75. The molecule has 1 aliphatic heterocycles. The zero-order chi connectivity index (χ0) is 13.2. The molecule has 0 radical (unpaired) electrons. The van der Waals surface area contributed by atoms with E-state index in [-0.39, 0.29) is 11.4 Å². The van der Waals surface area contributed by atoms with Gasteiger partial charge in [-0.3, -0.25) is 4.79 Å². The molecular formula is C13H15ClINO2. The molecule has 1 saturated heterocycles. The Kier molecular flexibility index (Phi) is 4.50. The molecule has 0 aliphatic carbocycles. The van der Waals surface area contributed by atoms with Gasteiger partial charge >= 0.3 is 0 Å². The van der Waals surface area contributed by atoms with Gasteiger partial charge in [0, 0.05) is 15.2 Å². The predicted octanol–water partition coefficient (Wildman–Crippen LogP) is 3.24. The highest BCUT2D eigenvalue weighted by Crippen LogP contribution is 2.22. The molecule has 1 atom stereocenters. The summed E-state index contributed by atoms with van der Waals surface area (Å²) in [6, 6.07) is 5.33. The Morgan fingerprint density at radius 1 is 1.56 bits per heavy atom. The highest BCUT2D eigenvalue weighted by atomic mass is 127. The van der Waals surface area contributed by atoms with Crippen molar-refractivity contribution in [2.75, 3.05) is 13.2 Å². The number of nitrogens with one attached hydrogen (secondary N) is 1. The molecule has 1 aliphatic rings. The summed E-state index contributed by atoms with van der Waals surface area (Å²) in [6.07, 6.45) is 1.92. The summed E-state index contributed by atoms with van der Waals surface area (Å²) in [4.78, 5) is 12.3. The molecule has 1 N–H and O–H groups in total. The summed E-state index contributed by atoms with van der Waals surface area (Å²) in [5, 5.41) is 3.63. The third-order valence-electron chi connectivity index (χ3n) is 3.03. The van der Waals surface area contributed by atoms with Crippen LogP contribution in [0.15, 0.2) is 18.2 Å². The van der Waals surface area contributed by atoms with E-state index in [4.69, 9.17) is 16.3 Å². The molecule has 0 aromatic heterocycles. The van der Waals surface area contributed by atoms with Crippen LogP contribution in [0.1, 0.15) is 30.1 Å². The van der Waals surface area contributed by atoms with E-state index in [1.165, 1.54) is 0 Å². The van der Waals surface area contributed by atoms with E-state index in [0.717, 1.165) is 23.0 Å². The van der Waals surface area contributed by atoms with Crippen LogP contribution in [-0.4, -0.2) is 24.7 Å². The second-order valence-electron chi connectivity index (χ2n) is 4.80. The molecule has 3 nitrogen and oxygen atoms in total. The number of halogens is 2. The van der Waals surface area contributed by atoms with Crippen LogP contribution in [0.5, 0.6) is 0 Å². The van der Waals surface area contributed by atoms with E-state index < -0.39 is 0 Å². The summed E-state index contributed by atoms with van der Waals surface area (Å²) >= 11 is 8.07. The Labute approximate surface area is 125 Å². The van der Waals surface area contributed by atoms with Gasteiger partial charge in [0.05, 0.1) is 17.7 Å². The average Bonchev–Trinajstić information content (AvgIpc) is 2.32. The number of carbonyl (C=O) groups is 1. The fourth-order valence-electron chi connectivity index (χ4n) is 2.05. The lowest BCUT2D eigenvalue weighted by Crippen LogP contribution is -2.51. The Bertz CT molecular complexity index is 458. The molecule has 18 heavy (non-hydrogen) atoms. The third kappa shape index (κ3) is 3.36. The summed E-state index contributed by atoms with van der Waals surface area (Å²) in [6.45, 7) is 3.36. The molecule has 0 spiro atoms. The van der Waals surface area contributed by atoms with Gasteiger partial charge in [0.2, 0.25) is 0 Å². The van der Waals surface area contributed by atoms with E-state index in [2.05, 4.69) is 27.9 Å². The Morgan fingerprint density at radius 2 is 2.33 bits per heavy atom. The molecule has 0 bridgehead atoms. The van der Waals surface area contributed by atoms with Crippen LogP contribution in [0, 0.1) is 3.57 Å². The largest absolute Gasteiger partial charge is 0.379 e. The molecule has 98 valence electrons. The molecule has 1 aromatic carbocycles. The van der Waals surface area contributed by atoms with Crippen molar-refractivity contribution in [3.63, 3.8) is 0 Å². The fraction of sp³-hybridized carbons (Fsp3) is 0.462. The van der Waals surface area contributed by atoms with Crippen molar-refractivity contribution in [1.82, 2.24) is 5.32 Å². The standard InChI is InChI=1S/C13H15ClINO2/c1-13(5-2-6-18-8-13)16-12(17)10-7-9(14)3-4-11(10)15/h3-4,7H,2,5-6,8H2,1H3,(H,16,17). The van der Waals surface area contributed by atoms with Crippen molar-refractivity contribution in [3.8, 4) is 0 Å². The zero-order valence-electron chi connectivity index (χ0n) is 10.1. The topological polar surface area (TPSA) is 38.3 Å². The van der Waals surface area contributed by atoms with Crippen molar-refractivity contribution in [1.29, 1.82) is 0 Å². The van der Waals surface area contributed by atoms with Crippen molar-refractivity contribution in [3.05, 3.63) is 32.4 Å². The van der Waals surface area contributed by atoms with Gasteiger partial charge in [0.1, 0.15) is 0 Å². The average molecular weight is 380 g/mol. The zero-order valence-corrected chi connectivity index (χ0v) is 13.0. The van der Waals surface area contributed by atoms with E-state index in [9.17, 15) is 4.79 Å². The van der Waals surface area contributed by atoms with Crippen molar-refractivity contribution >= 4 is 40.1 Å². The number of hydrogen-bond donors (Lipinski definition) is 1. The minimum absolute atomic E-state index is 0.0881. The van der Waals surface area contributed by atoms with Gasteiger partial charge in [0.15, 0.2) is 0 Å². The summed E-state index contributed by atoms with van der Waals surface area (Å²) in [7, 11) is 0. The molecule has 1 fully saturated rings. The highest BCUT2D eigenvalue weighted by molar-refractivity contribution is 14.1. The second-order valence-corrected chi connectivity index (χ2v) is 6.39. The third-order valence-corrected chi connectivity index (χ3v) is 4.20. The van der Waals surface area contributed by atoms with Crippen molar-refractivity contribution in [2.45, 2.75) is 25.3 Å². The van der Waals surface area contributed by atoms with Gasteiger partial charge in [-0.25, -0.2) is 0 Å². The molecule has 2 rings (SSSR count). The Balaban J connectivity index is 2.14. The quantitative estimate of drug-likeness (QED) is 0.801. The van der Waals surface area contributed by atoms with Crippen LogP contribution in [0.4, 0.5) is 0 Å². The first kappa shape index (κ1) is 14.1. The first-order valence-electron chi connectivity index (χ1n) is 5.85. The minimum atomic E-state index is -0.277. The first-order valence-corrected chi connectivity index (χ1v) is 7.31. The van der Waals surface area contributed by atoms with E-state index in [1.807, 2.05) is 13.0 Å². The van der Waals surface area contributed by atoms with Crippen LogP contribution >= 0.6 is 34.2 Å². The Morgan fingerprint density at radius 3 is 3.00 bits per heavy atom.